The number of carbonyl (C=O) groups is 3. The van der Waals surface area contributed by atoms with Gasteiger partial charge in [-0.1, -0.05) is 27.2 Å². The second-order valence-electron chi connectivity index (χ2n) is 8.16. The molecule has 0 bridgehead atoms. The summed E-state index contributed by atoms with van der Waals surface area (Å²) in [5.74, 6) is -2.11. The maximum absolute atomic E-state index is 11.6. The molecule has 0 N–H and O–H groups in total. The van der Waals surface area contributed by atoms with Crippen molar-refractivity contribution in [2.45, 2.75) is 53.0 Å². The van der Waals surface area contributed by atoms with Gasteiger partial charge < -0.3 is 19.4 Å². The minimum absolute atomic E-state index is 0.0470. The first-order valence-corrected chi connectivity index (χ1v) is 9.17. The van der Waals surface area contributed by atoms with E-state index < -0.39 is 23.4 Å². The fraction of sp³-hybridized carbons (Fsp3) is 0.842. The van der Waals surface area contributed by atoms with Crippen molar-refractivity contribution in [3.63, 3.8) is 0 Å². The fourth-order valence-corrected chi connectivity index (χ4v) is 3.13. The quantitative estimate of drug-likeness (QED) is 0.416. The summed E-state index contributed by atoms with van der Waals surface area (Å²) in [6.07, 6.45) is 1.75. The van der Waals surface area contributed by atoms with Crippen LogP contribution in [-0.4, -0.2) is 80.2 Å². The summed E-state index contributed by atoms with van der Waals surface area (Å²) in [5.41, 5.74) is -0.354. The van der Waals surface area contributed by atoms with E-state index in [1.807, 2.05) is 18.7 Å². The summed E-state index contributed by atoms with van der Waals surface area (Å²) in [6, 6.07) is 0. The van der Waals surface area contributed by atoms with Crippen LogP contribution >= 0.6 is 0 Å². The van der Waals surface area contributed by atoms with Gasteiger partial charge in [0.25, 0.3) is 0 Å². The monoisotopic (exact) mass is 387 g/mol. The fourth-order valence-electron chi connectivity index (χ4n) is 3.13. The third-order valence-corrected chi connectivity index (χ3v) is 4.89. The van der Waals surface area contributed by atoms with Crippen LogP contribution in [0, 0.1) is 5.41 Å². The van der Waals surface area contributed by atoms with Gasteiger partial charge in [-0.15, -0.1) is 0 Å². The van der Waals surface area contributed by atoms with Crippen LogP contribution in [-0.2, 0) is 23.9 Å². The molecule has 0 aliphatic heterocycles. The van der Waals surface area contributed by atoms with E-state index in [1.54, 1.807) is 4.90 Å². The van der Waals surface area contributed by atoms with Crippen molar-refractivity contribution in [1.29, 1.82) is 0 Å². The molecule has 8 nitrogen and oxygen atoms in total. The maximum Gasteiger partial charge on any atom is 0.319 e. The van der Waals surface area contributed by atoms with Gasteiger partial charge in [0.05, 0.1) is 33.3 Å². The molecule has 0 aliphatic rings. The normalized spacial score (nSPS) is 12.3. The molecule has 0 rings (SSSR count). The third-order valence-electron chi connectivity index (χ3n) is 4.89. The Hall–Kier alpha value is -1.67. The SMILES string of the molecule is CCC(C)(C)CC(C)(C)N(CCN(CC(=O)OC)CC(=O)OC)CC(=O)[O-]. The molecule has 0 fully saturated rings. The van der Waals surface area contributed by atoms with Crippen LogP contribution in [0.1, 0.15) is 47.5 Å². The molecular weight excluding hydrogens is 352 g/mol. The van der Waals surface area contributed by atoms with E-state index in [0.717, 1.165) is 12.8 Å². The van der Waals surface area contributed by atoms with Gasteiger partial charge in [-0.3, -0.25) is 19.4 Å². The Bertz CT molecular complexity index is 486. The lowest BCUT2D eigenvalue weighted by Crippen LogP contribution is -2.54. The highest BCUT2D eigenvalue weighted by Crippen LogP contribution is 2.34. The van der Waals surface area contributed by atoms with Crippen molar-refractivity contribution in [3.8, 4) is 0 Å². The first kappa shape index (κ1) is 25.3. The van der Waals surface area contributed by atoms with E-state index in [0.29, 0.717) is 13.1 Å². The van der Waals surface area contributed by atoms with Gasteiger partial charge in [-0.05, 0) is 25.7 Å². The average Bonchev–Trinajstić information content (AvgIpc) is 2.56. The highest BCUT2D eigenvalue weighted by atomic mass is 16.5. The first-order chi connectivity index (χ1) is 12.4. The molecular formula is C19H35N2O6-. The number of carbonyl (C=O) groups excluding carboxylic acids is 3. The molecule has 0 aromatic heterocycles. The number of hydrogen-bond donors (Lipinski definition) is 0. The number of aliphatic carboxylic acids is 1. The van der Waals surface area contributed by atoms with Crippen molar-refractivity contribution in [3.05, 3.63) is 0 Å². The average molecular weight is 387 g/mol. The van der Waals surface area contributed by atoms with E-state index in [2.05, 4.69) is 30.2 Å². The zero-order valence-electron chi connectivity index (χ0n) is 17.8. The number of methoxy groups -OCH3 is 2. The van der Waals surface area contributed by atoms with E-state index in [9.17, 15) is 19.5 Å². The Morgan fingerprint density at radius 2 is 1.37 bits per heavy atom. The van der Waals surface area contributed by atoms with Crippen LogP contribution in [0.2, 0.25) is 0 Å². The van der Waals surface area contributed by atoms with Crippen molar-refractivity contribution in [1.82, 2.24) is 9.80 Å². The van der Waals surface area contributed by atoms with Crippen LogP contribution in [0.15, 0.2) is 0 Å². The lowest BCUT2D eigenvalue weighted by Gasteiger charge is -2.44. The molecule has 0 spiro atoms. The summed E-state index contributed by atoms with van der Waals surface area (Å²) >= 11 is 0. The van der Waals surface area contributed by atoms with Crippen LogP contribution in [0.5, 0.6) is 0 Å². The molecule has 0 radical (unpaired) electrons. The molecule has 0 amide bonds. The predicted octanol–water partition coefficient (Wildman–Crippen LogP) is 0.291. The predicted molar refractivity (Wildman–Crippen MR) is 99.8 cm³/mol. The topological polar surface area (TPSA) is 99.2 Å². The zero-order valence-corrected chi connectivity index (χ0v) is 17.8. The molecule has 0 aromatic rings. The Labute approximate surface area is 162 Å². The molecule has 27 heavy (non-hydrogen) atoms. The molecule has 0 heterocycles. The third kappa shape index (κ3) is 10.3. The van der Waals surface area contributed by atoms with Crippen LogP contribution in [0.3, 0.4) is 0 Å². The van der Waals surface area contributed by atoms with Gasteiger partial charge in [-0.2, -0.15) is 0 Å². The summed E-state index contributed by atoms with van der Waals surface area (Å²) in [6.45, 7) is 10.7. The van der Waals surface area contributed by atoms with Crippen LogP contribution in [0.25, 0.3) is 0 Å². The summed E-state index contributed by atoms with van der Waals surface area (Å²) in [4.78, 5) is 37.9. The largest absolute Gasteiger partial charge is 0.549 e. The molecule has 0 unspecified atom stereocenters. The van der Waals surface area contributed by atoms with Gasteiger partial charge in [0.15, 0.2) is 0 Å². The van der Waals surface area contributed by atoms with E-state index >= 15 is 0 Å². The number of esters is 2. The van der Waals surface area contributed by atoms with Crippen LogP contribution in [0.4, 0.5) is 0 Å². The number of carboxylic acid groups (broad SMARTS) is 1. The second kappa shape index (κ2) is 11.2. The van der Waals surface area contributed by atoms with E-state index in [1.165, 1.54) is 14.2 Å². The van der Waals surface area contributed by atoms with Crippen LogP contribution < -0.4 is 5.11 Å². The molecule has 0 aliphatic carbocycles. The zero-order chi connectivity index (χ0) is 21.3. The minimum atomic E-state index is -1.16. The maximum atomic E-state index is 11.6. The number of ether oxygens (including phenoxy) is 2. The smallest absolute Gasteiger partial charge is 0.319 e. The van der Waals surface area contributed by atoms with E-state index in [-0.39, 0.29) is 25.0 Å². The highest BCUT2D eigenvalue weighted by molar-refractivity contribution is 5.74. The van der Waals surface area contributed by atoms with Crippen molar-refractivity contribution >= 4 is 17.9 Å². The lowest BCUT2D eigenvalue weighted by molar-refractivity contribution is -0.307. The molecule has 0 saturated heterocycles. The lowest BCUT2D eigenvalue weighted by atomic mass is 9.77. The minimum Gasteiger partial charge on any atom is -0.549 e. The van der Waals surface area contributed by atoms with E-state index in [4.69, 9.17) is 0 Å². The van der Waals surface area contributed by atoms with Gasteiger partial charge in [0.1, 0.15) is 0 Å². The first-order valence-electron chi connectivity index (χ1n) is 9.17. The number of carboxylic acids is 1. The van der Waals surface area contributed by atoms with Crippen molar-refractivity contribution in [2.24, 2.45) is 5.41 Å². The molecule has 158 valence electrons. The van der Waals surface area contributed by atoms with Crippen molar-refractivity contribution in [2.75, 3.05) is 46.9 Å². The van der Waals surface area contributed by atoms with Gasteiger partial charge >= 0.3 is 11.9 Å². The highest BCUT2D eigenvalue weighted by Gasteiger charge is 2.33. The Kier molecular flexibility index (Phi) is 10.5. The van der Waals surface area contributed by atoms with Gasteiger partial charge in [0.2, 0.25) is 0 Å². The Balaban J connectivity index is 5.24. The Morgan fingerprint density at radius 1 is 0.889 bits per heavy atom. The van der Waals surface area contributed by atoms with Crippen molar-refractivity contribution < 1.29 is 29.0 Å². The summed E-state index contributed by atoms with van der Waals surface area (Å²) in [5, 5.41) is 11.3. The standard InChI is InChI=1S/C19H36N2O6/c1-8-18(2,3)14-19(4,5)21(11-15(22)23)10-9-20(12-16(24)26-6)13-17(25)27-7/h8-14H2,1-7H3,(H,22,23)/p-1. The summed E-state index contributed by atoms with van der Waals surface area (Å²) in [7, 11) is 2.55. The number of hydrogen-bond acceptors (Lipinski definition) is 8. The molecule has 0 atom stereocenters. The Morgan fingerprint density at radius 3 is 1.74 bits per heavy atom. The second-order valence-corrected chi connectivity index (χ2v) is 8.16. The number of nitrogens with zero attached hydrogens (tertiary/aromatic N) is 2. The summed E-state index contributed by atoms with van der Waals surface area (Å²) < 4.78 is 9.33. The number of rotatable bonds is 13. The molecule has 8 heteroatoms. The van der Waals surface area contributed by atoms with Gasteiger partial charge in [-0.25, -0.2) is 0 Å². The molecule has 0 saturated carbocycles. The molecule has 0 aromatic carbocycles. The van der Waals surface area contributed by atoms with Gasteiger partial charge in [0, 0.05) is 25.2 Å².